The van der Waals surface area contributed by atoms with Crippen LogP contribution in [0.3, 0.4) is 0 Å². The molecule has 33 heavy (non-hydrogen) atoms. The van der Waals surface area contributed by atoms with E-state index in [0.29, 0.717) is 30.9 Å². The van der Waals surface area contributed by atoms with Crippen molar-refractivity contribution in [3.63, 3.8) is 0 Å². The second-order valence-corrected chi connectivity index (χ2v) is 7.07. The predicted molar refractivity (Wildman–Crippen MR) is 120 cm³/mol. The summed E-state index contributed by atoms with van der Waals surface area (Å²) >= 11 is 0. The number of H-pyrrole nitrogens is 1. The SMILES string of the molecule is C#CCC.C/C=C(/C#N)N=CCNc1cc(C2CCC(OC(=O)NCCC(F)(F)F)C2)[nH]n1. The molecule has 3 N–H and O–H groups in total. The maximum absolute atomic E-state index is 12.1. The molecule has 2 atom stereocenters. The monoisotopic (exact) mass is 466 g/mol. The Balaban J connectivity index is 0.00000125. The lowest BCUT2D eigenvalue weighted by Gasteiger charge is -2.13. The first kappa shape index (κ1) is 27.6. The highest BCUT2D eigenvalue weighted by atomic mass is 19.4. The fourth-order valence-electron chi connectivity index (χ4n) is 2.93. The largest absolute Gasteiger partial charge is 0.446 e. The van der Waals surface area contributed by atoms with Crippen LogP contribution in [0.2, 0.25) is 0 Å². The lowest BCUT2D eigenvalue weighted by molar-refractivity contribution is -0.133. The average molecular weight is 467 g/mol. The molecule has 1 amide bonds. The van der Waals surface area contributed by atoms with Crippen LogP contribution in [0.25, 0.3) is 0 Å². The normalized spacial score (nSPS) is 18.1. The van der Waals surface area contributed by atoms with Gasteiger partial charge in [0.1, 0.15) is 23.7 Å². The maximum Gasteiger partial charge on any atom is 0.407 e. The molecule has 2 rings (SSSR count). The Labute approximate surface area is 191 Å². The van der Waals surface area contributed by atoms with Crippen LogP contribution in [0.15, 0.2) is 22.8 Å². The lowest BCUT2D eigenvalue weighted by atomic mass is 10.0. The number of nitriles is 1. The fourth-order valence-corrected chi connectivity index (χ4v) is 2.93. The molecule has 180 valence electrons. The number of ether oxygens (including phenoxy) is 1. The minimum absolute atomic E-state index is 0.118. The van der Waals surface area contributed by atoms with Crippen LogP contribution in [0.1, 0.15) is 57.6 Å². The summed E-state index contributed by atoms with van der Waals surface area (Å²) in [5.41, 5.74) is 1.22. The van der Waals surface area contributed by atoms with Crippen LogP contribution in [-0.4, -0.2) is 47.9 Å². The van der Waals surface area contributed by atoms with Gasteiger partial charge in [-0.1, -0.05) is 13.0 Å². The Kier molecular flexibility index (Phi) is 12.2. The van der Waals surface area contributed by atoms with E-state index in [1.165, 1.54) is 0 Å². The number of carbonyl (C=O) groups excluding carboxylic acids is 1. The summed E-state index contributed by atoms with van der Waals surface area (Å²) in [5.74, 6) is 3.17. The van der Waals surface area contributed by atoms with Crippen molar-refractivity contribution >= 4 is 18.1 Å². The van der Waals surface area contributed by atoms with Crippen molar-refractivity contribution in [2.45, 2.75) is 64.1 Å². The molecule has 1 aromatic heterocycles. The number of rotatable bonds is 8. The van der Waals surface area contributed by atoms with E-state index in [2.05, 4.69) is 31.7 Å². The van der Waals surface area contributed by atoms with Crippen molar-refractivity contribution in [3.8, 4) is 18.4 Å². The van der Waals surface area contributed by atoms with Crippen LogP contribution < -0.4 is 10.6 Å². The van der Waals surface area contributed by atoms with Crippen LogP contribution in [0.4, 0.5) is 23.8 Å². The number of carbonyl (C=O) groups is 1. The number of alkyl carbamates (subject to hydrolysis) is 1. The van der Waals surface area contributed by atoms with Crippen molar-refractivity contribution in [2.75, 3.05) is 18.4 Å². The van der Waals surface area contributed by atoms with Crippen molar-refractivity contribution in [3.05, 3.63) is 23.5 Å². The minimum Gasteiger partial charge on any atom is -0.446 e. The lowest BCUT2D eigenvalue weighted by Crippen LogP contribution is -2.31. The first-order valence-electron chi connectivity index (χ1n) is 10.5. The summed E-state index contributed by atoms with van der Waals surface area (Å²) < 4.78 is 41.5. The maximum atomic E-state index is 12.1. The van der Waals surface area contributed by atoms with Gasteiger partial charge in [0.05, 0.1) is 13.0 Å². The van der Waals surface area contributed by atoms with E-state index in [4.69, 9.17) is 16.4 Å². The Morgan fingerprint density at radius 1 is 1.48 bits per heavy atom. The number of hydrogen-bond donors (Lipinski definition) is 3. The van der Waals surface area contributed by atoms with Crippen LogP contribution in [0, 0.1) is 23.7 Å². The Bertz CT molecular complexity index is 880. The molecule has 2 unspecified atom stereocenters. The van der Waals surface area contributed by atoms with Gasteiger partial charge >= 0.3 is 12.3 Å². The molecule has 0 saturated heterocycles. The van der Waals surface area contributed by atoms with Gasteiger partial charge in [-0.15, -0.1) is 12.3 Å². The Morgan fingerprint density at radius 2 is 2.21 bits per heavy atom. The third-order valence-corrected chi connectivity index (χ3v) is 4.57. The second-order valence-electron chi connectivity index (χ2n) is 7.07. The van der Waals surface area contributed by atoms with Gasteiger partial charge < -0.3 is 15.4 Å². The van der Waals surface area contributed by atoms with Crippen LogP contribution in [-0.2, 0) is 4.74 Å². The van der Waals surface area contributed by atoms with E-state index in [1.807, 2.05) is 19.1 Å². The molecule has 0 bridgehead atoms. The number of halogens is 3. The molecule has 1 heterocycles. The molecule has 0 aromatic carbocycles. The van der Waals surface area contributed by atoms with Gasteiger partial charge in [-0.05, 0) is 26.2 Å². The third kappa shape index (κ3) is 11.6. The van der Waals surface area contributed by atoms with E-state index >= 15 is 0 Å². The molecule has 1 aromatic rings. The zero-order chi connectivity index (χ0) is 24.7. The first-order valence-corrected chi connectivity index (χ1v) is 10.5. The van der Waals surface area contributed by atoms with Crippen molar-refractivity contribution < 1.29 is 22.7 Å². The molecule has 1 saturated carbocycles. The standard InChI is InChI=1S/C18H23F3N6O2.C4H6/c1-2-13(11-22)23-7-8-24-16-10-15(26-27-16)12-3-4-14(9-12)29-17(28)25-6-5-18(19,20)21;1-3-4-2/h2,7,10,12,14H,3-6,8-9H2,1H3,(H,25,28)(H2,24,26,27);1H,4H2,2H3/b13-2-,23-7?;. The zero-order valence-corrected chi connectivity index (χ0v) is 18.7. The summed E-state index contributed by atoms with van der Waals surface area (Å²) in [6.07, 6.45) is 4.21. The number of allylic oxidation sites excluding steroid dienone is 2. The molecule has 0 aliphatic heterocycles. The average Bonchev–Trinajstić information content (AvgIpc) is 3.42. The van der Waals surface area contributed by atoms with Crippen LogP contribution >= 0.6 is 0 Å². The number of aliphatic imine (C=N–C) groups is 1. The molecule has 1 aliphatic rings. The van der Waals surface area contributed by atoms with Crippen LogP contribution in [0.5, 0.6) is 0 Å². The number of alkyl halides is 3. The van der Waals surface area contributed by atoms with Gasteiger partial charge in [0.25, 0.3) is 0 Å². The number of nitrogens with zero attached hydrogens (tertiary/aromatic N) is 3. The Hall–Kier alpha value is -3.47. The summed E-state index contributed by atoms with van der Waals surface area (Å²) in [5, 5.41) is 21.1. The van der Waals surface area contributed by atoms with Crippen molar-refractivity contribution in [2.24, 2.45) is 4.99 Å². The molecule has 1 fully saturated rings. The third-order valence-electron chi connectivity index (χ3n) is 4.57. The highest BCUT2D eigenvalue weighted by Gasteiger charge is 2.30. The van der Waals surface area contributed by atoms with E-state index in [0.717, 1.165) is 18.5 Å². The highest BCUT2D eigenvalue weighted by molar-refractivity contribution is 5.67. The highest BCUT2D eigenvalue weighted by Crippen LogP contribution is 2.35. The van der Waals surface area contributed by atoms with Gasteiger partial charge in [0, 0.05) is 36.9 Å². The number of hydrogen-bond acceptors (Lipinski definition) is 6. The summed E-state index contributed by atoms with van der Waals surface area (Å²) in [7, 11) is 0. The zero-order valence-electron chi connectivity index (χ0n) is 18.7. The predicted octanol–water partition coefficient (Wildman–Crippen LogP) is 4.66. The molecule has 11 heteroatoms. The molecule has 0 radical (unpaired) electrons. The first-order chi connectivity index (χ1) is 15.7. The number of terminal acetylenes is 1. The summed E-state index contributed by atoms with van der Waals surface area (Å²) in [6.45, 7) is 3.58. The number of aromatic amines is 1. The van der Waals surface area contributed by atoms with Crippen molar-refractivity contribution in [1.29, 1.82) is 5.26 Å². The smallest absolute Gasteiger partial charge is 0.407 e. The summed E-state index contributed by atoms with van der Waals surface area (Å²) in [6, 6.07) is 3.80. The molecule has 8 nitrogen and oxygen atoms in total. The van der Waals surface area contributed by atoms with E-state index < -0.39 is 25.2 Å². The second kappa shape index (κ2) is 14.6. The van der Waals surface area contributed by atoms with Gasteiger partial charge in [-0.25, -0.2) is 9.79 Å². The van der Waals surface area contributed by atoms with Gasteiger partial charge in [-0.3, -0.25) is 5.10 Å². The quantitative estimate of drug-likeness (QED) is 0.293. The molecule has 1 aliphatic carbocycles. The number of nitrogens with one attached hydrogen (secondary N) is 3. The topological polar surface area (TPSA) is 115 Å². The van der Waals surface area contributed by atoms with E-state index in [9.17, 15) is 18.0 Å². The van der Waals surface area contributed by atoms with Gasteiger partial charge in [-0.2, -0.15) is 23.5 Å². The number of anilines is 1. The van der Waals surface area contributed by atoms with Gasteiger partial charge in [0.2, 0.25) is 0 Å². The number of amides is 1. The number of aromatic nitrogens is 2. The van der Waals surface area contributed by atoms with E-state index in [1.54, 1.807) is 19.2 Å². The summed E-state index contributed by atoms with van der Waals surface area (Å²) in [4.78, 5) is 15.6. The fraction of sp³-hybridized carbons (Fsp3) is 0.545. The molecule has 0 spiro atoms. The Morgan fingerprint density at radius 3 is 2.82 bits per heavy atom. The van der Waals surface area contributed by atoms with E-state index in [-0.39, 0.29) is 12.0 Å². The minimum atomic E-state index is -4.31. The molecular formula is C22H29F3N6O2. The van der Waals surface area contributed by atoms with Gasteiger partial charge in [0.15, 0.2) is 0 Å². The molecular weight excluding hydrogens is 437 g/mol. The van der Waals surface area contributed by atoms with Crippen molar-refractivity contribution in [1.82, 2.24) is 15.5 Å².